The number of nitrogens with zero attached hydrogens (tertiary/aromatic N) is 3. The van der Waals surface area contributed by atoms with Crippen LogP contribution in [0.25, 0.3) is 0 Å². The predicted molar refractivity (Wildman–Crippen MR) is 77.5 cm³/mol. The van der Waals surface area contributed by atoms with Crippen molar-refractivity contribution in [3.05, 3.63) is 17.7 Å². The molecule has 1 aromatic heterocycles. The van der Waals surface area contributed by atoms with Crippen LogP contribution in [-0.2, 0) is 16.4 Å². The van der Waals surface area contributed by atoms with Crippen LogP contribution >= 0.6 is 0 Å². The number of hydrogen-bond acceptors (Lipinski definition) is 6. The number of aliphatic hydroxyl groups excluding tert-OH is 1. The van der Waals surface area contributed by atoms with Crippen LogP contribution in [0.2, 0.25) is 0 Å². The number of aliphatic hydroxyl groups is 1. The molecule has 0 atom stereocenters. The first kappa shape index (κ1) is 15.2. The van der Waals surface area contributed by atoms with Crippen molar-refractivity contribution in [2.45, 2.75) is 32.8 Å². The minimum atomic E-state index is -2.95. The number of aromatic nitrogens is 2. The summed E-state index contributed by atoms with van der Waals surface area (Å²) in [5.41, 5.74) is 1.32. The molecule has 6 nitrogen and oxygen atoms in total. The molecule has 2 heterocycles. The normalized spacial score (nSPS) is 19.1. The van der Waals surface area contributed by atoms with Crippen LogP contribution in [0.1, 0.15) is 37.7 Å². The van der Waals surface area contributed by atoms with Crippen molar-refractivity contribution >= 4 is 15.5 Å². The first-order valence-electron chi connectivity index (χ1n) is 6.85. The summed E-state index contributed by atoms with van der Waals surface area (Å²) in [5.74, 6) is 1.26. The Hall–Kier alpha value is -1.21. The van der Waals surface area contributed by atoms with Crippen molar-refractivity contribution in [1.29, 1.82) is 0 Å². The molecule has 1 aliphatic heterocycles. The van der Waals surface area contributed by atoms with E-state index in [1.807, 2.05) is 18.7 Å². The molecule has 0 amide bonds. The second-order valence-corrected chi connectivity index (χ2v) is 7.67. The number of anilines is 1. The van der Waals surface area contributed by atoms with E-state index in [4.69, 9.17) is 0 Å². The maximum atomic E-state index is 11.6. The number of hydrogen-bond donors (Lipinski definition) is 1. The summed E-state index contributed by atoms with van der Waals surface area (Å²) >= 11 is 0. The third kappa shape index (κ3) is 3.46. The van der Waals surface area contributed by atoms with Gasteiger partial charge in [-0.15, -0.1) is 0 Å². The molecule has 0 aromatic carbocycles. The summed E-state index contributed by atoms with van der Waals surface area (Å²) in [6.45, 7) is 4.90. The molecule has 0 spiro atoms. The lowest BCUT2D eigenvalue weighted by Gasteiger charge is -2.24. The average molecular weight is 299 g/mol. The Morgan fingerprint density at radius 2 is 2.10 bits per heavy atom. The fourth-order valence-electron chi connectivity index (χ4n) is 2.26. The maximum absolute atomic E-state index is 11.6. The summed E-state index contributed by atoms with van der Waals surface area (Å²) < 4.78 is 23.3. The molecule has 1 aliphatic rings. The summed E-state index contributed by atoms with van der Waals surface area (Å²) in [4.78, 5) is 10.7. The zero-order valence-electron chi connectivity index (χ0n) is 11.9. The van der Waals surface area contributed by atoms with E-state index >= 15 is 0 Å². The Kier molecular flexibility index (Phi) is 4.59. The lowest BCUT2D eigenvalue weighted by Crippen LogP contribution is -2.28. The fourth-order valence-corrected chi connectivity index (χ4v) is 3.54. The Bertz CT molecular complexity index is 572. The third-order valence-electron chi connectivity index (χ3n) is 3.43. The van der Waals surface area contributed by atoms with Crippen molar-refractivity contribution in [3.8, 4) is 0 Å². The van der Waals surface area contributed by atoms with Crippen molar-refractivity contribution in [3.63, 3.8) is 0 Å². The van der Waals surface area contributed by atoms with E-state index in [1.165, 1.54) is 0 Å². The highest BCUT2D eigenvalue weighted by atomic mass is 32.2. The smallest absolute Gasteiger partial charge is 0.152 e. The van der Waals surface area contributed by atoms with Gasteiger partial charge in [0.2, 0.25) is 0 Å². The van der Waals surface area contributed by atoms with Gasteiger partial charge in [0.25, 0.3) is 0 Å². The molecule has 20 heavy (non-hydrogen) atoms. The van der Waals surface area contributed by atoms with Crippen LogP contribution in [0.4, 0.5) is 5.69 Å². The molecular weight excluding hydrogens is 278 g/mol. The van der Waals surface area contributed by atoms with Gasteiger partial charge in [-0.2, -0.15) is 0 Å². The van der Waals surface area contributed by atoms with Crippen LogP contribution in [-0.4, -0.2) is 48.1 Å². The summed E-state index contributed by atoms with van der Waals surface area (Å²) in [6.07, 6.45) is 2.30. The molecule has 1 aromatic rings. The maximum Gasteiger partial charge on any atom is 0.152 e. The van der Waals surface area contributed by atoms with Crippen molar-refractivity contribution in [1.82, 2.24) is 9.97 Å². The zero-order valence-corrected chi connectivity index (χ0v) is 12.7. The molecular formula is C13H21N3O3S. The van der Waals surface area contributed by atoms with Gasteiger partial charge in [-0.25, -0.2) is 18.4 Å². The number of sulfone groups is 1. The summed E-state index contributed by atoms with van der Waals surface area (Å²) in [7, 11) is -2.95. The predicted octanol–water partition coefficient (Wildman–Crippen LogP) is 0.717. The second-order valence-electron chi connectivity index (χ2n) is 5.37. The first-order chi connectivity index (χ1) is 9.43. The van der Waals surface area contributed by atoms with E-state index < -0.39 is 9.84 Å². The van der Waals surface area contributed by atoms with Gasteiger partial charge in [0.15, 0.2) is 9.84 Å². The van der Waals surface area contributed by atoms with Crippen molar-refractivity contribution in [2.75, 3.05) is 29.5 Å². The summed E-state index contributed by atoms with van der Waals surface area (Å²) in [5, 5.41) is 9.49. The molecule has 0 saturated carbocycles. The molecule has 0 bridgehead atoms. The van der Waals surface area contributed by atoms with Gasteiger partial charge >= 0.3 is 0 Å². The van der Waals surface area contributed by atoms with E-state index in [-0.39, 0.29) is 24.0 Å². The molecule has 2 rings (SSSR count). The number of rotatable bonds is 3. The van der Waals surface area contributed by atoms with Crippen molar-refractivity contribution < 1.29 is 13.5 Å². The molecule has 112 valence electrons. The van der Waals surface area contributed by atoms with E-state index in [0.717, 1.165) is 5.69 Å². The molecule has 0 radical (unpaired) electrons. The standard InChI is InChI=1S/C13H21N3O3S/c1-10(2)13-14-8-12(11(9-17)15-13)16-4-3-6-20(18,19)7-5-16/h8,10,17H,3-7,9H2,1-2H3. The molecule has 1 saturated heterocycles. The SMILES string of the molecule is CC(C)c1ncc(N2CCCS(=O)(=O)CC2)c(CO)n1. The van der Waals surface area contributed by atoms with E-state index in [0.29, 0.717) is 31.0 Å². The quantitative estimate of drug-likeness (QED) is 0.885. The van der Waals surface area contributed by atoms with Crippen LogP contribution < -0.4 is 4.90 Å². The lowest BCUT2D eigenvalue weighted by molar-refractivity contribution is 0.276. The molecule has 1 N–H and O–H groups in total. The lowest BCUT2D eigenvalue weighted by atomic mass is 10.2. The van der Waals surface area contributed by atoms with Gasteiger partial charge in [0.05, 0.1) is 35.7 Å². The monoisotopic (exact) mass is 299 g/mol. The van der Waals surface area contributed by atoms with E-state index in [2.05, 4.69) is 9.97 Å². The van der Waals surface area contributed by atoms with Gasteiger partial charge in [0.1, 0.15) is 5.82 Å². The largest absolute Gasteiger partial charge is 0.390 e. The minimum Gasteiger partial charge on any atom is -0.390 e. The molecule has 7 heteroatoms. The highest BCUT2D eigenvalue weighted by molar-refractivity contribution is 7.91. The average Bonchev–Trinajstić information content (AvgIpc) is 2.59. The zero-order chi connectivity index (χ0) is 14.8. The Morgan fingerprint density at radius 3 is 2.75 bits per heavy atom. The molecule has 0 aliphatic carbocycles. The molecule has 0 unspecified atom stereocenters. The van der Waals surface area contributed by atoms with Gasteiger partial charge in [-0.05, 0) is 6.42 Å². The molecule has 1 fully saturated rings. The van der Waals surface area contributed by atoms with Crippen LogP contribution in [0.15, 0.2) is 6.20 Å². The van der Waals surface area contributed by atoms with Gasteiger partial charge < -0.3 is 10.0 Å². The van der Waals surface area contributed by atoms with Crippen molar-refractivity contribution in [2.24, 2.45) is 0 Å². The van der Waals surface area contributed by atoms with Crippen LogP contribution in [0, 0.1) is 0 Å². The Labute approximate surface area is 119 Å². The Balaban J connectivity index is 2.28. The minimum absolute atomic E-state index is 0.143. The Morgan fingerprint density at radius 1 is 1.35 bits per heavy atom. The van der Waals surface area contributed by atoms with Gasteiger partial charge in [-0.1, -0.05) is 13.8 Å². The van der Waals surface area contributed by atoms with Crippen LogP contribution in [0.3, 0.4) is 0 Å². The first-order valence-corrected chi connectivity index (χ1v) is 8.67. The van der Waals surface area contributed by atoms with Gasteiger partial charge in [0, 0.05) is 19.0 Å². The highest BCUT2D eigenvalue weighted by Crippen LogP contribution is 2.22. The van der Waals surface area contributed by atoms with Crippen LogP contribution in [0.5, 0.6) is 0 Å². The topological polar surface area (TPSA) is 83.4 Å². The van der Waals surface area contributed by atoms with E-state index in [9.17, 15) is 13.5 Å². The summed E-state index contributed by atoms with van der Waals surface area (Å²) in [6, 6.07) is 0. The third-order valence-corrected chi connectivity index (χ3v) is 5.14. The van der Waals surface area contributed by atoms with E-state index in [1.54, 1.807) is 6.20 Å². The second kappa shape index (κ2) is 6.05. The van der Waals surface area contributed by atoms with Gasteiger partial charge in [-0.3, -0.25) is 0 Å². The fraction of sp³-hybridized carbons (Fsp3) is 0.692. The highest BCUT2D eigenvalue weighted by Gasteiger charge is 2.22.